The van der Waals surface area contributed by atoms with Gasteiger partial charge in [0.1, 0.15) is 0 Å². The lowest BCUT2D eigenvalue weighted by atomic mass is 9.45. The van der Waals surface area contributed by atoms with E-state index in [1.165, 1.54) is 66.8 Å². The Morgan fingerprint density at radius 3 is 2.20 bits per heavy atom. The highest BCUT2D eigenvalue weighted by Crippen LogP contribution is 2.66. The zero-order valence-electron chi connectivity index (χ0n) is 21.8. The summed E-state index contributed by atoms with van der Waals surface area (Å²) in [6.07, 6.45) is 9.50. The quantitative estimate of drug-likeness (QED) is 0.259. The third-order valence-corrected chi connectivity index (χ3v) is 12.0. The molecule has 4 aliphatic carbocycles. The lowest BCUT2D eigenvalue weighted by Crippen LogP contribution is -2.55. The summed E-state index contributed by atoms with van der Waals surface area (Å²) in [6.45, 7) is 5.34. The first-order chi connectivity index (χ1) is 16.9. The van der Waals surface area contributed by atoms with E-state index in [1.807, 2.05) is 0 Å². The molecule has 4 aromatic rings. The predicted octanol–water partition coefficient (Wildman–Crippen LogP) is 7.34. The Morgan fingerprint density at radius 1 is 0.743 bits per heavy atom. The molecule has 2 aromatic carbocycles. The Hall–Kier alpha value is -2.48. The minimum absolute atomic E-state index is 0.340. The van der Waals surface area contributed by atoms with Gasteiger partial charge in [-0.15, -0.1) is 0 Å². The highest BCUT2D eigenvalue weighted by atomic mass is 15.0. The zero-order chi connectivity index (χ0) is 23.7. The Labute approximate surface area is 209 Å². The van der Waals surface area contributed by atoms with Crippen LogP contribution in [-0.2, 0) is 38.8 Å². The SMILES string of the molecule is Cn1c2c(c3ccccc31)C[C@@]1(C)[C@@H](CC[C@@H]3[C@@H]1CC[C@]1(C)c4c(c5ccccc5n4C)C[C@@H]31)C2. The van der Waals surface area contributed by atoms with Crippen molar-refractivity contribution in [1.29, 1.82) is 0 Å². The van der Waals surface area contributed by atoms with Gasteiger partial charge in [0.15, 0.2) is 0 Å². The Bertz CT molecular complexity index is 1520. The average molecular weight is 463 g/mol. The molecule has 4 aliphatic rings. The molecule has 2 heterocycles. The standard InChI is InChI=1S/C33H38N2/c1-32-16-15-26-23(27(32)18-24-21-9-5-8-12-29(21)35(4)31(24)32)14-13-20-17-30-25(19-33(20,26)2)22-10-6-7-11-28(22)34(30)3/h5-12,20,23,26-27H,13-19H2,1-4H3/t20-,23+,26-,27-,32-,33-/m0/s1. The van der Waals surface area contributed by atoms with Crippen LogP contribution in [0.5, 0.6) is 0 Å². The summed E-state index contributed by atoms with van der Waals surface area (Å²) in [5, 5.41) is 3.04. The van der Waals surface area contributed by atoms with Crippen LogP contribution in [0, 0.1) is 29.1 Å². The monoisotopic (exact) mass is 462 g/mol. The zero-order valence-corrected chi connectivity index (χ0v) is 21.8. The van der Waals surface area contributed by atoms with Crippen molar-refractivity contribution in [3.05, 3.63) is 71.0 Å². The molecule has 0 unspecified atom stereocenters. The predicted molar refractivity (Wildman–Crippen MR) is 145 cm³/mol. The summed E-state index contributed by atoms with van der Waals surface area (Å²) in [7, 11) is 4.64. The lowest BCUT2D eigenvalue weighted by Gasteiger charge is -2.60. The Kier molecular flexibility index (Phi) is 3.92. The number of benzene rings is 2. The first-order valence-corrected chi connectivity index (χ1v) is 14.0. The van der Waals surface area contributed by atoms with Crippen molar-refractivity contribution < 1.29 is 0 Å². The van der Waals surface area contributed by atoms with E-state index < -0.39 is 0 Å². The Morgan fingerprint density at radius 2 is 1.43 bits per heavy atom. The molecule has 0 N–H and O–H groups in total. The number of hydrogen-bond acceptors (Lipinski definition) is 0. The summed E-state index contributed by atoms with van der Waals surface area (Å²) in [5.41, 5.74) is 10.3. The van der Waals surface area contributed by atoms with E-state index in [4.69, 9.17) is 0 Å². The van der Waals surface area contributed by atoms with Crippen LogP contribution in [0.3, 0.4) is 0 Å². The summed E-state index contributed by atoms with van der Waals surface area (Å²) in [4.78, 5) is 0. The van der Waals surface area contributed by atoms with Crippen molar-refractivity contribution in [3.8, 4) is 0 Å². The molecule has 2 nitrogen and oxygen atoms in total. The van der Waals surface area contributed by atoms with Gasteiger partial charge < -0.3 is 9.13 Å². The van der Waals surface area contributed by atoms with Crippen molar-refractivity contribution in [1.82, 2.24) is 9.13 Å². The lowest BCUT2D eigenvalue weighted by molar-refractivity contribution is -0.0767. The van der Waals surface area contributed by atoms with Crippen LogP contribution in [0.25, 0.3) is 21.8 Å². The number of aryl methyl sites for hydroxylation is 2. The smallest absolute Gasteiger partial charge is 0.0482 e. The van der Waals surface area contributed by atoms with Gasteiger partial charge in [0.05, 0.1) is 0 Å². The maximum Gasteiger partial charge on any atom is 0.0482 e. The fraction of sp³-hybridized carbons (Fsp3) is 0.515. The van der Waals surface area contributed by atoms with E-state index in [9.17, 15) is 0 Å². The number of aromatic nitrogens is 2. The second-order valence-corrected chi connectivity index (χ2v) is 13.1. The minimum atomic E-state index is 0.340. The number of fused-ring (bicyclic) bond motifs is 12. The van der Waals surface area contributed by atoms with Gasteiger partial charge in [-0.25, -0.2) is 0 Å². The van der Waals surface area contributed by atoms with Crippen molar-refractivity contribution >= 4 is 21.8 Å². The molecule has 0 saturated heterocycles. The molecule has 0 spiro atoms. The summed E-state index contributed by atoms with van der Waals surface area (Å²) in [5.74, 6) is 3.40. The molecule has 0 bridgehead atoms. The van der Waals surface area contributed by atoms with Crippen LogP contribution in [0.2, 0.25) is 0 Å². The highest BCUT2D eigenvalue weighted by molar-refractivity contribution is 5.87. The van der Waals surface area contributed by atoms with Crippen molar-refractivity contribution in [3.63, 3.8) is 0 Å². The van der Waals surface area contributed by atoms with Crippen molar-refractivity contribution in [2.75, 3.05) is 0 Å². The molecule has 2 saturated carbocycles. The first-order valence-electron chi connectivity index (χ1n) is 14.0. The molecular formula is C33H38N2. The van der Waals surface area contributed by atoms with Crippen LogP contribution >= 0.6 is 0 Å². The summed E-state index contributed by atoms with van der Waals surface area (Å²) in [6, 6.07) is 18.3. The molecule has 6 atom stereocenters. The van der Waals surface area contributed by atoms with Gasteiger partial charge in [-0.3, -0.25) is 0 Å². The normalized spacial score (nSPS) is 35.4. The van der Waals surface area contributed by atoms with Crippen molar-refractivity contribution in [2.45, 2.75) is 64.2 Å². The summed E-state index contributed by atoms with van der Waals surface area (Å²) >= 11 is 0. The first kappa shape index (κ1) is 20.7. The maximum absolute atomic E-state index is 2.71. The largest absolute Gasteiger partial charge is 0.347 e. The van der Waals surface area contributed by atoms with Gasteiger partial charge in [0.25, 0.3) is 0 Å². The van der Waals surface area contributed by atoms with E-state index in [-0.39, 0.29) is 0 Å². The number of para-hydroxylation sites is 2. The van der Waals surface area contributed by atoms with E-state index in [0.717, 1.165) is 23.7 Å². The van der Waals surface area contributed by atoms with E-state index >= 15 is 0 Å². The molecule has 180 valence electrons. The summed E-state index contributed by atoms with van der Waals surface area (Å²) < 4.78 is 5.09. The van der Waals surface area contributed by atoms with Crippen LogP contribution in [0.4, 0.5) is 0 Å². The number of rotatable bonds is 0. The second-order valence-electron chi connectivity index (χ2n) is 13.1. The van der Waals surface area contributed by atoms with Crippen LogP contribution in [0.1, 0.15) is 62.0 Å². The second kappa shape index (κ2) is 6.64. The molecule has 2 fully saturated rings. The molecule has 0 radical (unpaired) electrons. The topological polar surface area (TPSA) is 9.86 Å². The average Bonchev–Trinajstić information content (AvgIpc) is 3.44. The van der Waals surface area contributed by atoms with Gasteiger partial charge >= 0.3 is 0 Å². The van der Waals surface area contributed by atoms with Gasteiger partial charge in [0.2, 0.25) is 0 Å². The fourth-order valence-electron chi connectivity index (χ4n) is 10.4. The molecule has 8 rings (SSSR count). The van der Waals surface area contributed by atoms with Gasteiger partial charge in [-0.1, -0.05) is 50.2 Å². The number of hydrogen-bond donors (Lipinski definition) is 0. The van der Waals surface area contributed by atoms with Gasteiger partial charge in [-0.05, 0) is 97.3 Å². The van der Waals surface area contributed by atoms with Crippen LogP contribution < -0.4 is 0 Å². The molecule has 0 aliphatic heterocycles. The van der Waals surface area contributed by atoms with Crippen LogP contribution in [-0.4, -0.2) is 9.13 Å². The highest BCUT2D eigenvalue weighted by Gasteiger charge is 2.60. The van der Waals surface area contributed by atoms with Gasteiger partial charge in [-0.2, -0.15) is 0 Å². The third kappa shape index (κ3) is 2.38. The molecule has 0 amide bonds. The van der Waals surface area contributed by atoms with Crippen LogP contribution in [0.15, 0.2) is 48.5 Å². The minimum Gasteiger partial charge on any atom is -0.347 e. The van der Waals surface area contributed by atoms with E-state index in [1.54, 1.807) is 22.5 Å². The van der Waals surface area contributed by atoms with E-state index in [0.29, 0.717) is 10.8 Å². The molecule has 35 heavy (non-hydrogen) atoms. The molecule has 2 heteroatoms. The van der Waals surface area contributed by atoms with Crippen molar-refractivity contribution in [2.24, 2.45) is 43.2 Å². The van der Waals surface area contributed by atoms with E-state index in [2.05, 4.69) is 85.6 Å². The fourth-order valence-corrected chi connectivity index (χ4v) is 10.4. The number of nitrogens with zero attached hydrogens (tertiary/aromatic N) is 2. The third-order valence-electron chi connectivity index (χ3n) is 12.0. The maximum atomic E-state index is 2.71. The Balaban J connectivity index is 1.21. The molecular weight excluding hydrogens is 424 g/mol. The molecule has 2 aromatic heterocycles. The van der Waals surface area contributed by atoms with Gasteiger partial charge in [0, 0.05) is 52.7 Å².